The van der Waals surface area contributed by atoms with Crippen molar-refractivity contribution in [2.75, 3.05) is 12.3 Å². The Balaban J connectivity index is 2.57. The zero-order valence-electron chi connectivity index (χ0n) is 13.4. The molecular formula is C16H28N2O2S. The van der Waals surface area contributed by atoms with E-state index in [4.69, 9.17) is 5.73 Å². The molecule has 0 aliphatic heterocycles. The largest absolute Gasteiger partial charge is 0.398 e. The molecule has 3 N–H and O–H groups in total. The molecule has 0 heterocycles. The Morgan fingerprint density at radius 1 is 1.05 bits per heavy atom. The fourth-order valence-corrected chi connectivity index (χ4v) is 3.85. The lowest BCUT2D eigenvalue weighted by atomic mass is 10.1. The Bertz CT molecular complexity index is 554. The van der Waals surface area contributed by atoms with Crippen molar-refractivity contribution in [1.29, 1.82) is 0 Å². The number of benzene rings is 1. The van der Waals surface area contributed by atoms with Crippen molar-refractivity contribution in [2.24, 2.45) is 0 Å². The molecule has 4 nitrogen and oxygen atoms in total. The predicted molar refractivity (Wildman–Crippen MR) is 88.9 cm³/mol. The molecule has 0 saturated carbocycles. The van der Waals surface area contributed by atoms with E-state index in [2.05, 4.69) is 11.6 Å². The minimum Gasteiger partial charge on any atom is -0.398 e. The standard InChI is InChI=1S/C16H28N2O2S/c1-4-5-6-7-8-9-12-18-21(19,20)16-14(3)13(2)10-11-15(16)17/h10-11,18H,4-9,12,17H2,1-3H3. The lowest BCUT2D eigenvalue weighted by Gasteiger charge is -2.13. The van der Waals surface area contributed by atoms with Crippen LogP contribution in [0.15, 0.2) is 17.0 Å². The lowest BCUT2D eigenvalue weighted by Crippen LogP contribution is -2.26. The Hall–Kier alpha value is -1.07. The van der Waals surface area contributed by atoms with Crippen LogP contribution in [0.4, 0.5) is 5.69 Å². The average molecular weight is 312 g/mol. The van der Waals surface area contributed by atoms with Crippen molar-refractivity contribution in [2.45, 2.75) is 64.2 Å². The van der Waals surface area contributed by atoms with Gasteiger partial charge in [0, 0.05) is 6.54 Å². The number of rotatable bonds is 9. The molecule has 0 aromatic heterocycles. The maximum absolute atomic E-state index is 12.4. The number of nitrogens with one attached hydrogen (secondary N) is 1. The fourth-order valence-electron chi connectivity index (χ4n) is 2.35. The van der Waals surface area contributed by atoms with Gasteiger partial charge in [0.1, 0.15) is 4.90 Å². The van der Waals surface area contributed by atoms with Gasteiger partial charge in [-0.2, -0.15) is 0 Å². The monoisotopic (exact) mass is 312 g/mol. The van der Waals surface area contributed by atoms with Crippen molar-refractivity contribution in [3.8, 4) is 0 Å². The number of anilines is 1. The van der Waals surface area contributed by atoms with Gasteiger partial charge >= 0.3 is 0 Å². The summed E-state index contributed by atoms with van der Waals surface area (Å²) in [6, 6.07) is 3.50. The molecule has 0 spiro atoms. The molecule has 1 aromatic rings. The van der Waals surface area contributed by atoms with E-state index in [9.17, 15) is 8.42 Å². The summed E-state index contributed by atoms with van der Waals surface area (Å²) in [6.45, 7) is 6.34. The highest BCUT2D eigenvalue weighted by Crippen LogP contribution is 2.25. The Kier molecular flexibility index (Phi) is 7.18. The Morgan fingerprint density at radius 2 is 1.67 bits per heavy atom. The summed E-state index contributed by atoms with van der Waals surface area (Å²) in [6.07, 6.45) is 6.80. The number of hydrogen-bond donors (Lipinski definition) is 2. The zero-order valence-corrected chi connectivity index (χ0v) is 14.2. The van der Waals surface area contributed by atoms with Crippen molar-refractivity contribution < 1.29 is 8.42 Å². The highest BCUT2D eigenvalue weighted by atomic mass is 32.2. The normalized spacial score (nSPS) is 11.8. The molecular weight excluding hydrogens is 284 g/mol. The van der Waals surface area contributed by atoms with Crippen LogP contribution in [0.25, 0.3) is 0 Å². The van der Waals surface area contributed by atoms with E-state index < -0.39 is 10.0 Å². The van der Waals surface area contributed by atoms with Gasteiger partial charge < -0.3 is 5.73 Å². The molecule has 1 aromatic carbocycles. The predicted octanol–water partition coefficient (Wildman–Crippen LogP) is 3.52. The number of nitrogen functional groups attached to an aromatic ring is 1. The molecule has 0 radical (unpaired) electrons. The maximum atomic E-state index is 12.4. The molecule has 0 amide bonds. The molecule has 0 bridgehead atoms. The van der Waals surface area contributed by atoms with Gasteiger partial charge in [0.15, 0.2) is 0 Å². The van der Waals surface area contributed by atoms with E-state index in [0.717, 1.165) is 24.0 Å². The van der Waals surface area contributed by atoms with Crippen LogP contribution < -0.4 is 10.5 Å². The number of sulfonamides is 1. The van der Waals surface area contributed by atoms with Gasteiger partial charge in [-0.05, 0) is 37.5 Å². The van der Waals surface area contributed by atoms with Crippen LogP contribution in [0.3, 0.4) is 0 Å². The van der Waals surface area contributed by atoms with Crippen LogP contribution in [-0.2, 0) is 10.0 Å². The van der Waals surface area contributed by atoms with E-state index in [0.29, 0.717) is 12.2 Å². The second kappa shape index (κ2) is 8.39. The summed E-state index contributed by atoms with van der Waals surface area (Å²) < 4.78 is 27.4. The maximum Gasteiger partial charge on any atom is 0.242 e. The van der Waals surface area contributed by atoms with Gasteiger partial charge in [-0.15, -0.1) is 0 Å². The van der Waals surface area contributed by atoms with Crippen LogP contribution in [0.2, 0.25) is 0 Å². The van der Waals surface area contributed by atoms with Crippen molar-refractivity contribution in [3.63, 3.8) is 0 Å². The molecule has 5 heteroatoms. The first-order valence-corrected chi connectivity index (χ1v) is 9.23. The SMILES string of the molecule is CCCCCCCCNS(=O)(=O)c1c(N)ccc(C)c1C. The summed E-state index contributed by atoms with van der Waals surface area (Å²) in [5, 5.41) is 0. The number of aryl methyl sites for hydroxylation is 1. The fraction of sp³-hybridized carbons (Fsp3) is 0.625. The van der Waals surface area contributed by atoms with Gasteiger partial charge in [0.25, 0.3) is 0 Å². The Morgan fingerprint density at radius 3 is 2.33 bits per heavy atom. The molecule has 120 valence electrons. The van der Waals surface area contributed by atoms with E-state index in [1.54, 1.807) is 13.0 Å². The molecule has 0 aliphatic carbocycles. The zero-order chi connectivity index (χ0) is 15.9. The first kappa shape index (κ1) is 18.0. The Labute approximate surface area is 129 Å². The van der Waals surface area contributed by atoms with E-state index in [-0.39, 0.29) is 4.90 Å². The molecule has 1 rings (SSSR count). The second-order valence-electron chi connectivity index (χ2n) is 5.59. The van der Waals surface area contributed by atoms with Gasteiger partial charge in [-0.1, -0.05) is 45.1 Å². The van der Waals surface area contributed by atoms with Crippen LogP contribution in [0.5, 0.6) is 0 Å². The third-order valence-electron chi connectivity index (χ3n) is 3.80. The van der Waals surface area contributed by atoms with Crippen molar-refractivity contribution in [1.82, 2.24) is 4.72 Å². The molecule has 0 unspecified atom stereocenters. The van der Waals surface area contributed by atoms with E-state index >= 15 is 0 Å². The average Bonchev–Trinajstić information content (AvgIpc) is 2.42. The smallest absolute Gasteiger partial charge is 0.242 e. The lowest BCUT2D eigenvalue weighted by molar-refractivity contribution is 0.567. The number of unbranched alkanes of at least 4 members (excludes halogenated alkanes) is 5. The topological polar surface area (TPSA) is 72.2 Å². The summed E-state index contributed by atoms with van der Waals surface area (Å²) in [5.74, 6) is 0. The minimum atomic E-state index is -3.52. The van der Waals surface area contributed by atoms with Gasteiger partial charge in [-0.25, -0.2) is 13.1 Å². The number of nitrogens with two attached hydrogens (primary N) is 1. The second-order valence-corrected chi connectivity index (χ2v) is 7.30. The summed E-state index contributed by atoms with van der Waals surface area (Å²) >= 11 is 0. The first-order valence-electron chi connectivity index (χ1n) is 7.75. The summed E-state index contributed by atoms with van der Waals surface area (Å²) in [7, 11) is -3.52. The quantitative estimate of drug-likeness (QED) is 0.541. The number of hydrogen-bond acceptors (Lipinski definition) is 3. The van der Waals surface area contributed by atoms with E-state index in [1.807, 2.05) is 13.0 Å². The molecule has 0 fully saturated rings. The van der Waals surface area contributed by atoms with Crippen LogP contribution in [0, 0.1) is 13.8 Å². The highest BCUT2D eigenvalue weighted by molar-refractivity contribution is 7.89. The van der Waals surface area contributed by atoms with Gasteiger partial charge in [0.2, 0.25) is 10.0 Å². The van der Waals surface area contributed by atoms with Gasteiger partial charge in [-0.3, -0.25) is 0 Å². The van der Waals surface area contributed by atoms with Crippen molar-refractivity contribution in [3.05, 3.63) is 23.3 Å². The van der Waals surface area contributed by atoms with Gasteiger partial charge in [0.05, 0.1) is 5.69 Å². The van der Waals surface area contributed by atoms with Crippen LogP contribution >= 0.6 is 0 Å². The first-order chi connectivity index (χ1) is 9.90. The molecule has 0 saturated heterocycles. The summed E-state index contributed by atoms with van der Waals surface area (Å²) in [5.41, 5.74) is 7.82. The minimum absolute atomic E-state index is 0.230. The van der Waals surface area contributed by atoms with Crippen LogP contribution in [0.1, 0.15) is 56.6 Å². The van der Waals surface area contributed by atoms with Crippen molar-refractivity contribution >= 4 is 15.7 Å². The third-order valence-corrected chi connectivity index (χ3v) is 5.46. The molecule has 0 aliphatic rings. The van der Waals surface area contributed by atoms with Crippen LogP contribution in [-0.4, -0.2) is 15.0 Å². The molecule has 0 atom stereocenters. The van der Waals surface area contributed by atoms with E-state index in [1.165, 1.54) is 25.7 Å². The highest BCUT2D eigenvalue weighted by Gasteiger charge is 2.20. The molecule has 21 heavy (non-hydrogen) atoms. The third kappa shape index (κ3) is 5.32. The summed E-state index contributed by atoms with van der Waals surface area (Å²) in [4.78, 5) is 0.230.